The summed E-state index contributed by atoms with van der Waals surface area (Å²) in [7, 11) is -1.60. The van der Waals surface area contributed by atoms with Gasteiger partial charge in [0.2, 0.25) is 0 Å². The van der Waals surface area contributed by atoms with Crippen LogP contribution in [0.5, 0.6) is 0 Å². The minimum Gasteiger partial charge on any atom is -0.456 e. The molecule has 0 aliphatic rings. The predicted octanol–water partition coefficient (Wildman–Crippen LogP) is 11.3. The summed E-state index contributed by atoms with van der Waals surface area (Å²) in [5.41, 5.74) is 15.9. The summed E-state index contributed by atoms with van der Waals surface area (Å²) in [5.74, 6) is 0. The van der Waals surface area contributed by atoms with Gasteiger partial charge in [0.25, 0.3) is 0 Å². The lowest BCUT2D eigenvalue weighted by Crippen LogP contribution is -2.30. The van der Waals surface area contributed by atoms with Crippen molar-refractivity contribution in [1.29, 1.82) is 0 Å². The number of rotatable bonds is 7. The maximum Gasteiger partial charge on any atom is 0.489 e. The Kier molecular flexibility index (Phi) is 7.99. The standard InChI is InChI=1S/C50H36BNO3/c1-32-19-20-34(28-41(32)40-16-9-8-13-38(40)27-33-11-4-2-5-12-33)35-21-24-46-42(29-35)43-30-36(22-25-47(43)52(46)39-14-6-3-7-15-39)37-23-26-48-44(31-37)50-45(51(53)54)17-10-18-49(50)55-48/h2-26,28-31,53-54H,27H2,1H3. The van der Waals surface area contributed by atoms with Crippen LogP contribution in [-0.4, -0.2) is 21.7 Å². The molecule has 4 nitrogen and oxygen atoms in total. The van der Waals surface area contributed by atoms with Gasteiger partial charge in [-0.3, -0.25) is 0 Å². The maximum absolute atomic E-state index is 10.2. The van der Waals surface area contributed by atoms with Crippen molar-refractivity contribution < 1.29 is 14.5 Å². The molecule has 0 spiro atoms. The lowest BCUT2D eigenvalue weighted by Gasteiger charge is -2.14. The van der Waals surface area contributed by atoms with Crippen LogP contribution in [0.2, 0.25) is 0 Å². The van der Waals surface area contributed by atoms with Crippen LogP contribution in [-0.2, 0) is 6.42 Å². The summed E-state index contributed by atoms with van der Waals surface area (Å²) in [6.07, 6.45) is 0.877. The molecule has 8 aromatic carbocycles. The molecule has 0 fully saturated rings. The van der Waals surface area contributed by atoms with Crippen molar-refractivity contribution in [3.05, 3.63) is 193 Å². The second-order valence-electron chi connectivity index (χ2n) is 14.4. The molecule has 0 radical (unpaired) electrons. The van der Waals surface area contributed by atoms with Gasteiger partial charge in [0.15, 0.2) is 0 Å². The molecule has 10 rings (SSSR count). The minimum atomic E-state index is -1.60. The number of hydrogen-bond acceptors (Lipinski definition) is 3. The van der Waals surface area contributed by atoms with Gasteiger partial charge in [-0.15, -0.1) is 0 Å². The second kappa shape index (κ2) is 13.3. The van der Waals surface area contributed by atoms with Crippen molar-refractivity contribution in [3.8, 4) is 39.1 Å². The summed E-state index contributed by atoms with van der Waals surface area (Å²) in [4.78, 5) is 0. The van der Waals surface area contributed by atoms with Crippen LogP contribution < -0.4 is 5.46 Å². The number of furan rings is 1. The van der Waals surface area contributed by atoms with Crippen molar-refractivity contribution >= 4 is 56.3 Å². The molecule has 10 aromatic rings. The van der Waals surface area contributed by atoms with Crippen LogP contribution in [0.25, 0.3) is 82.8 Å². The fourth-order valence-electron chi connectivity index (χ4n) is 8.33. The molecule has 55 heavy (non-hydrogen) atoms. The zero-order chi connectivity index (χ0) is 37.0. The topological polar surface area (TPSA) is 58.5 Å². The molecule has 5 heteroatoms. The van der Waals surface area contributed by atoms with Crippen molar-refractivity contribution in [3.63, 3.8) is 0 Å². The van der Waals surface area contributed by atoms with E-state index in [2.05, 4.69) is 163 Å². The molecule has 0 unspecified atom stereocenters. The molecule has 2 aromatic heterocycles. The van der Waals surface area contributed by atoms with E-state index in [0.29, 0.717) is 16.6 Å². The summed E-state index contributed by atoms with van der Waals surface area (Å²) < 4.78 is 8.47. The van der Waals surface area contributed by atoms with Crippen LogP contribution in [0.1, 0.15) is 16.7 Å². The van der Waals surface area contributed by atoms with Gasteiger partial charge in [-0.25, -0.2) is 0 Å². The van der Waals surface area contributed by atoms with Gasteiger partial charge in [0, 0.05) is 27.2 Å². The number of nitrogens with zero attached hydrogens (tertiary/aromatic N) is 1. The van der Waals surface area contributed by atoms with Crippen LogP contribution in [0, 0.1) is 6.92 Å². The van der Waals surface area contributed by atoms with E-state index in [1.165, 1.54) is 38.8 Å². The fourth-order valence-corrected chi connectivity index (χ4v) is 8.33. The molecule has 0 aliphatic carbocycles. The zero-order valence-corrected chi connectivity index (χ0v) is 30.3. The molecule has 262 valence electrons. The predicted molar refractivity (Wildman–Crippen MR) is 228 cm³/mol. The quantitative estimate of drug-likeness (QED) is 0.162. The Bertz CT molecular complexity index is 3050. The molecule has 0 atom stereocenters. The number of aryl methyl sites for hydroxylation is 1. The van der Waals surface area contributed by atoms with Crippen LogP contribution in [0.15, 0.2) is 180 Å². The minimum absolute atomic E-state index is 0.432. The fraction of sp³-hybridized carbons (Fsp3) is 0.0400. The SMILES string of the molecule is Cc1ccc(-c2ccc3c(c2)c2cc(-c4ccc5oc6cccc(B(O)O)c6c5c4)ccc2n3-c2ccccc2)cc1-c1ccccc1Cc1ccccc1. The highest BCUT2D eigenvalue weighted by atomic mass is 16.4. The number of aromatic nitrogens is 1. The van der Waals surface area contributed by atoms with E-state index in [0.717, 1.165) is 56.0 Å². The summed E-state index contributed by atoms with van der Waals surface area (Å²) >= 11 is 0. The van der Waals surface area contributed by atoms with Gasteiger partial charge in [0.1, 0.15) is 11.2 Å². The van der Waals surface area contributed by atoms with Gasteiger partial charge in [0.05, 0.1) is 11.0 Å². The van der Waals surface area contributed by atoms with Crippen molar-refractivity contribution in [2.45, 2.75) is 13.3 Å². The Balaban J connectivity index is 1.13. The van der Waals surface area contributed by atoms with Gasteiger partial charge in [-0.05, 0) is 130 Å². The van der Waals surface area contributed by atoms with E-state index in [1.54, 1.807) is 12.1 Å². The molecule has 2 heterocycles. The van der Waals surface area contributed by atoms with Crippen LogP contribution in [0.3, 0.4) is 0 Å². The first-order valence-electron chi connectivity index (χ1n) is 18.7. The van der Waals surface area contributed by atoms with Gasteiger partial charge in [-0.1, -0.05) is 115 Å². The smallest absolute Gasteiger partial charge is 0.456 e. The Hall–Kier alpha value is -6.66. The van der Waals surface area contributed by atoms with Crippen LogP contribution >= 0.6 is 0 Å². The number of para-hydroxylation sites is 1. The Labute approximate surface area is 319 Å². The van der Waals surface area contributed by atoms with Crippen LogP contribution in [0.4, 0.5) is 0 Å². The zero-order valence-electron chi connectivity index (χ0n) is 30.3. The van der Waals surface area contributed by atoms with Gasteiger partial charge < -0.3 is 19.0 Å². The Morgan fingerprint density at radius 3 is 1.82 bits per heavy atom. The first kappa shape index (κ1) is 33.0. The second-order valence-corrected chi connectivity index (χ2v) is 14.4. The molecule has 0 saturated heterocycles. The Morgan fingerprint density at radius 2 is 1.11 bits per heavy atom. The number of fused-ring (bicyclic) bond motifs is 6. The van der Waals surface area contributed by atoms with Gasteiger partial charge >= 0.3 is 7.12 Å². The van der Waals surface area contributed by atoms with E-state index < -0.39 is 7.12 Å². The normalized spacial score (nSPS) is 11.6. The highest BCUT2D eigenvalue weighted by molar-refractivity contribution is 6.62. The first-order chi connectivity index (χ1) is 27.0. The summed E-state index contributed by atoms with van der Waals surface area (Å²) in [6.45, 7) is 2.20. The molecule has 0 aliphatic heterocycles. The highest BCUT2D eigenvalue weighted by Crippen LogP contribution is 2.40. The van der Waals surface area contributed by atoms with Gasteiger partial charge in [-0.2, -0.15) is 0 Å². The molecular formula is C50H36BNO3. The van der Waals surface area contributed by atoms with E-state index in [4.69, 9.17) is 4.42 Å². The van der Waals surface area contributed by atoms with E-state index >= 15 is 0 Å². The van der Waals surface area contributed by atoms with Crippen molar-refractivity contribution in [2.75, 3.05) is 0 Å². The van der Waals surface area contributed by atoms with E-state index in [9.17, 15) is 10.0 Å². The number of hydrogen-bond donors (Lipinski definition) is 2. The van der Waals surface area contributed by atoms with E-state index in [-0.39, 0.29) is 0 Å². The average Bonchev–Trinajstić information content (AvgIpc) is 3.76. The molecule has 0 bridgehead atoms. The van der Waals surface area contributed by atoms with Crippen molar-refractivity contribution in [1.82, 2.24) is 4.57 Å². The lowest BCUT2D eigenvalue weighted by molar-refractivity contribution is 0.426. The largest absolute Gasteiger partial charge is 0.489 e. The average molecular weight is 710 g/mol. The maximum atomic E-state index is 10.2. The lowest BCUT2D eigenvalue weighted by atomic mass is 9.77. The number of benzene rings is 8. The third-order valence-electron chi connectivity index (χ3n) is 11.0. The third-order valence-corrected chi connectivity index (χ3v) is 11.0. The monoisotopic (exact) mass is 709 g/mol. The van der Waals surface area contributed by atoms with E-state index in [1.807, 2.05) is 12.1 Å². The summed E-state index contributed by atoms with van der Waals surface area (Å²) in [5, 5.41) is 24.2. The van der Waals surface area contributed by atoms with Crippen molar-refractivity contribution in [2.24, 2.45) is 0 Å². The molecule has 0 amide bonds. The molecular weight excluding hydrogens is 673 g/mol. The first-order valence-corrected chi connectivity index (χ1v) is 18.7. The third kappa shape index (κ3) is 5.73. The highest BCUT2D eigenvalue weighted by Gasteiger charge is 2.20. The summed E-state index contributed by atoms with van der Waals surface area (Å²) in [6, 6.07) is 61.9. The molecule has 0 saturated carbocycles. The molecule has 2 N–H and O–H groups in total. The Morgan fingerprint density at radius 1 is 0.509 bits per heavy atom.